The van der Waals surface area contributed by atoms with E-state index in [0.29, 0.717) is 12.2 Å². The predicted octanol–water partition coefficient (Wildman–Crippen LogP) is 2.99. The smallest absolute Gasteiger partial charge is 0.256 e. The van der Waals surface area contributed by atoms with Gasteiger partial charge in [-0.15, -0.1) is 0 Å². The number of benzene rings is 2. The third kappa shape index (κ3) is 3.15. The van der Waals surface area contributed by atoms with E-state index in [1.165, 1.54) is 17.0 Å². The second kappa shape index (κ2) is 5.74. The Balaban J connectivity index is 2.16. The van der Waals surface area contributed by atoms with Crippen molar-refractivity contribution in [2.24, 2.45) is 0 Å². The molecule has 0 atom stereocenters. The lowest BCUT2D eigenvalue weighted by atomic mass is 10.1. The number of nitrogens with zero attached hydrogens (tertiary/aromatic N) is 1. The van der Waals surface area contributed by atoms with Crippen molar-refractivity contribution in [1.82, 2.24) is 4.90 Å². The fourth-order valence-electron chi connectivity index (χ4n) is 2.04. The molecule has 2 aromatic carbocycles. The topological polar surface area (TPSA) is 46.3 Å². The number of carbonyl (C=O) groups is 1. The predicted molar refractivity (Wildman–Crippen MR) is 77.8 cm³/mol. The van der Waals surface area contributed by atoms with Gasteiger partial charge in [0, 0.05) is 19.3 Å². The summed E-state index contributed by atoms with van der Waals surface area (Å²) < 4.78 is 13.8. The van der Waals surface area contributed by atoms with E-state index in [2.05, 4.69) is 0 Å². The van der Waals surface area contributed by atoms with Crippen molar-refractivity contribution in [2.45, 2.75) is 13.5 Å². The second-order valence-corrected chi connectivity index (χ2v) is 4.89. The molecule has 0 aliphatic heterocycles. The summed E-state index contributed by atoms with van der Waals surface area (Å²) in [6, 6.07) is 11.9. The average molecular weight is 272 g/mol. The van der Waals surface area contributed by atoms with Crippen molar-refractivity contribution in [2.75, 3.05) is 12.8 Å². The highest BCUT2D eigenvalue weighted by Crippen LogP contribution is 2.14. The molecule has 0 heterocycles. The molecule has 0 saturated carbocycles. The van der Waals surface area contributed by atoms with E-state index in [1.54, 1.807) is 32.2 Å². The number of halogens is 1. The van der Waals surface area contributed by atoms with Gasteiger partial charge in [-0.05, 0) is 42.3 Å². The minimum Gasteiger partial charge on any atom is -0.399 e. The number of rotatable bonds is 3. The van der Waals surface area contributed by atoms with Crippen LogP contribution in [0.3, 0.4) is 0 Å². The van der Waals surface area contributed by atoms with Crippen LogP contribution >= 0.6 is 0 Å². The summed E-state index contributed by atoms with van der Waals surface area (Å²) in [7, 11) is 1.64. The number of hydrogen-bond donors (Lipinski definition) is 1. The lowest BCUT2D eigenvalue weighted by Crippen LogP contribution is -2.27. The first-order valence-corrected chi connectivity index (χ1v) is 6.33. The van der Waals surface area contributed by atoms with Crippen LogP contribution in [0.15, 0.2) is 42.5 Å². The highest BCUT2D eigenvalue weighted by Gasteiger charge is 2.16. The number of nitrogen functional groups attached to an aromatic ring is 1. The molecular formula is C16H17FN2O. The zero-order valence-corrected chi connectivity index (χ0v) is 11.6. The molecular weight excluding hydrogens is 255 g/mol. The maximum Gasteiger partial charge on any atom is 0.256 e. The summed E-state index contributed by atoms with van der Waals surface area (Å²) in [5.74, 6) is -0.834. The molecule has 3 nitrogen and oxygen atoms in total. The molecule has 0 spiro atoms. The van der Waals surface area contributed by atoms with Crippen LogP contribution < -0.4 is 5.73 Å². The maximum atomic E-state index is 13.8. The zero-order chi connectivity index (χ0) is 14.7. The fourth-order valence-corrected chi connectivity index (χ4v) is 2.04. The number of aryl methyl sites for hydroxylation is 1. The number of anilines is 1. The first-order valence-electron chi connectivity index (χ1n) is 6.33. The van der Waals surface area contributed by atoms with Gasteiger partial charge in [0.1, 0.15) is 5.82 Å². The number of hydrogen-bond acceptors (Lipinski definition) is 2. The van der Waals surface area contributed by atoms with Crippen molar-refractivity contribution in [3.8, 4) is 0 Å². The molecule has 0 aliphatic rings. The molecule has 2 N–H and O–H groups in total. The monoisotopic (exact) mass is 272 g/mol. The molecule has 2 rings (SSSR count). The van der Waals surface area contributed by atoms with E-state index in [0.717, 1.165) is 11.1 Å². The summed E-state index contributed by atoms with van der Waals surface area (Å²) in [4.78, 5) is 13.7. The third-order valence-corrected chi connectivity index (χ3v) is 3.07. The van der Waals surface area contributed by atoms with Crippen LogP contribution in [0, 0.1) is 12.7 Å². The van der Waals surface area contributed by atoms with E-state index >= 15 is 0 Å². The van der Waals surface area contributed by atoms with Gasteiger partial charge in [0.25, 0.3) is 5.91 Å². The van der Waals surface area contributed by atoms with Crippen molar-refractivity contribution in [1.29, 1.82) is 0 Å². The van der Waals surface area contributed by atoms with Crippen LogP contribution in [0.25, 0.3) is 0 Å². The van der Waals surface area contributed by atoms with Gasteiger partial charge in [0.2, 0.25) is 0 Å². The Bertz CT molecular complexity index is 640. The number of amides is 1. The van der Waals surface area contributed by atoms with Gasteiger partial charge in [0.15, 0.2) is 0 Å². The molecule has 1 amide bonds. The van der Waals surface area contributed by atoms with Crippen molar-refractivity contribution in [3.05, 3.63) is 65.0 Å². The summed E-state index contributed by atoms with van der Waals surface area (Å²) in [6.45, 7) is 2.17. The number of nitrogens with two attached hydrogens (primary N) is 1. The molecule has 2 aromatic rings. The van der Waals surface area contributed by atoms with Gasteiger partial charge in [-0.1, -0.05) is 18.2 Å². The van der Waals surface area contributed by atoms with Crippen molar-refractivity contribution in [3.63, 3.8) is 0 Å². The normalized spacial score (nSPS) is 10.3. The number of carbonyl (C=O) groups excluding carboxylic acids is 1. The lowest BCUT2D eigenvalue weighted by molar-refractivity contribution is 0.0780. The molecule has 0 unspecified atom stereocenters. The summed E-state index contributed by atoms with van der Waals surface area (Å²) in [6.07, 6.45) is 0. The summed E-state index contributed by atoms with van der Waals surface area (Å²) >= 11 is 0. The minimum atomic E-state index is -0.491. The van der Waals surface area contributed by atoms with Gasteiger partial charge < -0.3 is 10.6 Å². The summed E-state index contributed by atoms with van der Waals surface area (Å²) in [5, 5.41) is 0. The van der Waals surface area contributed by atoms with Crippen LogP contribution in [0.2, 0.25) is 0 Å². The molecule has 0 radical (unpaired) electrons. The van der Waals surface area contributed by atoms with Crippen LogP contribution in [0.5, 0.6) is 0 Å². The second-order valence-electron chi connectivity index (χ2n) is 4.89. The maximum absolute atomic E-state index is 13.8. The molecule has 0 aromatic heterocycles. The van der Waals surface area contributed by atoms with E-state index in [-0.39, 0.29) is 11.5 Å². The standard InChI is InChI=1S/C16H17FN2O/c1-11-6-7-14(15(17)8-11)16(20)19(2)10-12-4-3-5-13(18)9-12/h3-9H,10,18H2,1-2H3. The Kier molecular flexibility index (Phi) is 4.03. The highest BCUT2D eigenvalue weighted by atomic mass is 19.1. The van der Waals surface area contributed by atoms with E-state index in [1.807, 2.05) is 12.1 Å². The van der Waals surface area contributed by atoms with E-state index in [9.17, 15) is 9.18 Å². The molecule has 4 heteroatoms. The van der Waals surface area contributed by atoms with E-state index in [4.69, 9.17) is 5.73 Å². The Morgan fingerprint density at radius 3 is 2.65 bits per heavy atom. The SMILES string of the molecule is Cc1ccc(C(=O)N(C)Cc2cccc(N)c2)c(F)c1. The van der Waals surface area contributed by atoms with Gasteiger partial charge in [-0.3, -0.25) is 4.79 Å². The largest absolute Gasteiger partial charge is 0.399 e. The van der Waals surface area contributed by atoms with Crippen LogP contribution in [-0.4, -0.2) is 17.9 Å². The Morgan fingerprint density at radius 1 is 1.25 bits per heavy atom. The first kappa shape index (κ1) is 14.1. The Hall–Kier alpha value is -2.36. The molecule has 20 heavy (non-hydrogen) atoms. The van der Waals surface area contributed by atoms with Crippen LogP contribution in [-0.2, 0) is 6.54 Å². The van der Waals surface area contributed by atoms with Gasteiger partial charge >= 0.3 is 0 Å². The Labute approximate surface area is 117 Å². The highest BCUT2D eigenvalue weighted by molar-refractivity contribution is 5.94. The first-order chi connectivity index (χ1) is 9.47. The third-order valence-electron chi connectivity index (χ3n) is 3.07. The zero-order valence-electron chi connectivity index (χ0n) is 11.6. The minimum absolute atomic E-state index is 0.0852. The van der Waals surface area contributed by atoms with Crippen molar-refractivity contribution >= 4 is 11.6 Å². The summed E-state index contributed by atoms with van der Waals surface area (Å²) in [5.41, 5.74) is 8.13. The lowest BCUT2D eigenvalue weighted by Gasteiger charge is -2.18. The Morgan fingerprint density at radius 2 is 2.00 bits per heavy atom. The van der Waals surface area contributed by atoms with Gasteiger partial charge in [-0.2, -0.15) is 0 Å². The molecule has 104 valence electrons. The van der Waals surface area contributed by atoms with Gasteiger partial charge in [-0.25, -0.2) is 4.39 Å². The average Bonchev–Trinajstić information content (AvgIpc) is 2.38. The van der Waals surface area contributed by atoms with Gasteiger partial charge in [0.05, 0.1) is 5.56 Å². The molecule has 0 saturated heterocycles. The van der Waals surface area contributed by atoms with Crippen LogP contribution in [0.4, 0.5) is 10.1 Å². The fraction of sp³-hybridized carbons (Fsp3) is 0.188. The molecule has 0 fully saturated rings. The van der Waals surface area contributed by atoms with Crippen LogP contribution in [0.1, 0.15) is 21.5 Å². The quantitative estimate of drug-likeness (QED) is 0.873. The molecule has 0 bridgehead atoms. The van der Waals surface area contributed by atoms with Crippen molar-refractivity contribution < 1.29 is 9.18 Å². The van der Waals surface area contributed by atoms with E-state index < -0.39 is 5.82 Å². The molecule has 0 aliphatic carbocycles.